The Kier molecular flexibility index (Phi) is 3.77. The number of aliphatic hydroxyl groups is 1. The zero-order valence-electron chi connectivity index (χ0n) is 11.1. The van der Waals surface area contributed by atoms with Crippen LogP contribution in [0.4, 0.5) is 13.2 Å². The third-order valence-electron chi connectivity index (χ3n) is 3.53. The Labute approximate surface area is 115 Å². The minimum atomic E-state index is -4.47. The van der Waals surface area contributed by atoms with Crippen LogP contribution in [0.5, 0.6) is 0 Å². The van der Waals surface area contributed by atoms with Gasteiger partial charge in [-0.3, -0.25) is 4.79 Å². The summed E-state index contributed by atoms with van der Waals surface area (Å²) in [5, 5.41) is 10.7. The molecule has 0 radical (unpaired) electrons. The van der Waals surface area contributed by atoms with Gasteiger partial charge in [0, 0.05) is 24.9 Å². The number of alkyl halides is 3. The summed E-state index contributed by atoms with van der Waals surface area (Å²) >= 11 is 0. The van der Waals surface area contributed by atoms with Gasteiger partial charge < -0.3 is 10.0 Å². The molecule has 20 heavy (non-hydrogen) atoms. The molecule has 1 aromatic carbocycles. The standard InChI is InChI=1S/C14H16F3NO2/c1-2-8-18-12(19)6-7-13(18,20)10-4-3-5-11(9-10)14(15,16)17/h3-5,9,20H,2,6-8H2,1H3. The quantitative estimate of drug-likeness (QED) is 0.928. The second kappa shape index (κ2) is 5.09. The molecule has 1 heterocycles. The SMILES string of the molecule is CCCN1C(=O)CCC1(O)c1cccc(C(F)(F)F)c1. The van der Waals surface area contributed by atoms with Crippen molar-refractivity contribution in [3.63, 3.8) is 0 Å². The molecule has 110 valence electrons. The summed E-state index contributed by atoms with van der Waals surface area (Å²) in [5.41, 5.74) is -2.33. The van der Waals surface area contributed by atoms with Gasteiger partial charge >= 0.3 is 6.18 Å². The first kappa shape index (κ1) is 14.8. The lowest BCUT2D eigenvalue weighted by Gasteiger charge is -2.34. The number of benzene rings is 1. The number of likely N-dealkylation sites (tertiary alicyclic amines) is 1. The Balaban J connectivity index is 2.41. The van der Waals surface area contributed by atoms with E-state index >= 15 is 0 Å². The van der Waals surface area contributed by atoms with E-state index in [1.54, 1.807) is 0 Å². The zero-order chi connectivity index (χ0) is 15.0. The maximum atomic E-state index is 12.7. The van der Waals surface area contributed by atoms with Crippen molar-refractivity contribution in [1.29, 1.82) is 0 Å². The third kappa shape index (κ3) is 2.52. The maximum absolute atomic E-state index is 12.7. The molecule has 2 rings (SSSR count). The van der Waals surface area contributed by atoms with Gasteiger partial charge in [-0.25, -0.2) is 0 Å². The number of nitrogens with zero attached hydrogens (tertiary/aromatic N) is 1. The van der Waals surface area contributed by atoms with Crippen LogP contribution in [0.15, 0.2) is 24.3 Å². The highest BCUT2D eigenvalue weighted by Crippen LogP contribution is 2.39. The molecule has 6 heteroatoms. The number of rotatable bonds is 3. The van der Waals surface area contributed by atoms with Crippen molar-refractivity contribution in [3.05, 3.63) is 35.4 Å². The lowest BCUT2D eigenvalue weighted by molar-refractivity contribution is -0.147. The number of halogens is 3. The van der Waals surface area contributed by atoms with Crippen molar-refractivity contribution in [2.75, 3.05) is 6.54 Å². The molecule has 0 bridgehead atoms. The maximum Gasteiger partial charge on any atom is 0.416 e. The smallest absolute Gasteiger partial charge is 0.367 e. The molecular formula is C14H16F3NO2. The van der Waals surface area contributed by atoms with Crippen LogP contribution in [0.3, 0.4) is 0 Å². The minimum absolute atomic E-state index is 0.117. The van der Waals surface area contributed by atoms with Gasteiger partial charge in [-0.2, -0.15) is 13.2 Å². The molecule has 0 aliphatic carbocycles. The largest absolute Gasteiger partial charge is 0.416 e. The van der Waals surface area contributed by atoms with Gasteiger partial charge in [-0.05, 0) is 18.6 Å². The number of carbonyl (C=O) groups excluding carboxylic acids is 1. The van der Waals surface area contributed by atoms with Gasteiger partial charge in [-0.1, -0.05) is 19.1 Å². The molecule has 0 saturated carbocycles. The van der Waals surface area contributed by atoms with E-state index in [0.29, 0.717) is 13.0 Å². The highest BCUT2D eigenvalue weighted by Gasteiger charge is 2.45. The van der Waals surface area contributed by atoms with Gasteiger partial charge in [0.05, 0.1) is 5.56 Å². The van der Waals surface area contributed by atoms with E-state index in [9.17, 15) is 23.1 Å². The molecule has 0 spiro atoms. The molecule has 1 fully saturated rings. The Hall–Kier alpha value is -1.56. The zero-order valence-corrected chi connectivity index (χ0v) is 11.1. The predicted molar refractivity (Wildman–Crippen MR) is 66.6 cm³/mol. The molecule has 1 aliphatic rings. The molecule has 0 aromatic heterocycles. The highest BCUT2D eigenvalue weighted by molar-refractivity contribution is 5.79. The lowest BCUT2D eigenvalue weighted by Crippen LogP contribution is -2.43. The van der Waals surface area contributed by atoms with Crippen molar-refractivity contribution < 1.29 is 23.1 Å². The summed E-state index contributed by atoms with van der Waals surface area (Å²) in [5.74, 6) is -0.230. The van der Waals surface area contributed by atoms with Crippen LogP contribution in [0.25, 0.3) is 0 Å². The first-order chi connectivity index (χ1) is 9.29. The summed E-state index contributed by atoms with van der Waals surface area (Å²) in [6.07, 6.45) is -3.57. The second-order valence-electron chi connectivity index (χ2n) is 4.94. The monoisotopic (exact) mass is 287 g/mol. The van der Waals surface area contributed by atoms with E-state index in [2.05, 4.69) is 0 Å². The van der Waals surface area contributed by atoms with Crippen molar-refractivity contribution in [2.45, 2.75) is 38.1 Å². The van der Waals surface area contributed by atoms with Crippen molar-refractivity contribution in [3.8, 4) is 0 Å². The molecule has 1 unspecified atom stereocenters. The summed E-state index contributed by atoms with van der Waals surface area (Å²) in [7, 11) is 0. The summed E-state index contributed by atoms with van der Waals surface area (Å²) in [4.78, 5) is 13.0. The minimum Gasteiger partial charge on any atom is -0.367 e. The Morgan fingerprint density at radius 3 is 2.70 bits per heavy atom. The number of hydrogen-bond acceptors (Lipinski definition) is 2. The van der Waals surface area contributed by atoms with E-state index in [4.69, 9.17) is 0 Å². The van der Waals surface area contributed by atoms with E-state index in [-0.39, 0.29) is 24.3 Å². The van der Waals surface area contributed by atoms with E-state index in [1.165, 1.54) is 17.0 Å². The van der Waals surface area contributed by atoms with Crippen molar-refractivity contribution in [2.24, 2.45) is 0 Å². The first-order valence-corrected chi connectivity index (χ1v) is 6.49. The van der Waals surface area contributed by atoms with Crippen LogP contribution in [-0.2, 0) is 16.7 Å². The molecule has 1 amide bonds. The number of amides is 1. The fourth-order valence-corrected chi connectivity index (χ4v) is 2.54. The Morgan fingerprint density at radius 2 is 2.10 bits per heavy atom. The molecule has 1 aliphatic heterocycles. The summed E-state index contributed by atoms with van der Waals surface area (Å²) in [6, 6.07) is 4.55. The summed E-state index contributed by atoms with van der Waals surface area (Å²) < 4.78 is 38.2. The molecule has 1 atom stereocenters. The van der Waals surface area contributed by atoms with Crippen LogP contribution in [0, 0.1) is 0 Å². The fourth-order valence-electron chi connectivity index (χ4n) is 2.54. The van der Waals surface area contributed by atoms with Gasteiger partial charge in [0.25, 0.3) is 0 Å². The fraction of sp³-hybridized carbons (Fsp3) is 0.500. The van der Waals surface area contributed by atoms with Gasteiger partial charge in [0.15, 0.2) is 5.72 Å². The normalized spacial score (nSPS) is 23.4. The Bertz CT molecular complexity index is 515. The van der Waals surface area contributed by atoms with Gasteiger partial charge in [-0.15, -0.1) is 0 Å². The number of hydrogen-bond donors (Lipinski definition) is 1. The van der Waals surface area contributed by atoms with Crippen LogP contribution in [0.1, 0.15) is 37.3 Å². The lowest BCUT2D eigenvalue weighted by atomic mass is 9.97. The van der Waals surface area contributed by atoms with Crippen LogP contribution in [-0.4, -0.2) is 22.5 Å². The number of carbonyl (C=O) groups is 1. The molecule has 3 nitrogen and oxygen atoms in total. The molecule has 1 saturated heterocycles. The highest BCUT2D eigenvalue weighted by atomic mass is 19.4. The topological polar surface area (TPSA) is 40.5 Å². The summed E-state index contributed by atoms with van der Waals surface area (Å²) in [6.45, 7) is 2.17. The van der Waals surface area contributed by atoms with Crippen molar-refractivity contribution in [1.82, 2.24) is 4.90 Å². The second-order valence-corrected chi connectivity index (χ2v) is 4.94. The Morgan fingerprint density at radius 1 is 1.40 bits per heavy atom. The van der Waals surface area contributed by atoms with Crippen LogP contribution >= 0.6 is 0 Å². The predicted octanol–water partition coefficient (Wildman–Crippen LogP) is 2.88. The molecule has 1 N–H and O–H groups in total. The van der Waals surface area contributed by atoms with E-state index in [0.717, 1.165) is 12.1 Å². The third-order valence-corrected chi connectivity index (χ3v) is 3.53. The molecular weight excluding hydrogens is 271 g/mol. The van der Waals surface area contributed by atoms with Crippen molar-refractivity contribution >= 4 is 5.91 Å². The van der Waals surface area contributed by atoms with Gasteiger partial charge in [0.2, 0.25) is 5.91 Å². The van der Waals surface area contributed by atoms with Crippen LogP contribution in [0.2, 0.25) is 0 Å². The van der Waals surface area contributed by atoms with Crippen LogP contribution < -0.4 is 0 Å². The van der Waals surface area contributed by atoms with E-state index < -0.39 is 17.5 Å². The first-order valence-electron chi connectivity index (χ1n) is 6.49. The van der Waals surface area contributed by atoms with Gasteiger partial charge in [0.1, 0.15) is 0 Å². The average molecular weight is 287 g/mol. The van der Waals surface area contributed by atoms with E-state index in [1.807, 2.05) is 6.92 Å². The average Bonchev–Trinajstić information content (AvgIpc) is 2.68. The molecule has 1 aromatic rings.